The molecule has 1 amide bonds. The van der Waals surface area contributed by atoms with Gasteiger partial charge in [-0.3, -0.25) is 4.79 Å². The lowest BCUT2D eigenvalue weighted by Gasteiger charge is -2.10. The number of hydrogen-bond acceptors (Lipinski definition) is 4. The largest absolute Gasteiger partial charge is 0.488 e. The number of carbonyl (C=O) groups is 1. The van der Waals surface area contributed by atoms with Crippen molar-refractivity contribution in [2.24, 2.45) is 5.10 Å². The van der Waals surface area contributed by atoms with Crippen molar-refractivity contribution in [3.8, 4) is 5.75 Å². The van der Waals surface area contributed by atoms with Crippen LogP contribution in [0.25, 0.3) is 10.8 Å². The minimum absolute atomic E-state index is 0.185. The lowest BCUT2D eigenvalue weighted by Crippen LogP contribution is -2.19. The Kier molecular flexibility index (Phi) is 7.89. The van der Waals surface area contributed by atoms with Crippen LogP contribution < -0.4 is 10.2 Å². The summed E-state index contributed by atoms with van der Waals surface area (Å²) in [6.07, 6.45) is 1.57. The normalized spacial score (nSPS) is 11.1. The Morgan fingerprint density at radius 2 is 1.76 bits per heavy atom. The van der Waals surface area contributed by atoms with Gasteiger partial charge in [0.2, 0.25) is 5.91 Å². The second-order valence-electron chi connectivity index (χ2n) is 7.12. The molecule has 0 saturated heterocycles. The highest BCUT2D eigenvalue weighted by Crippen LogP contribution is 2.27. The molecule has 0 fully saturated rings. The second kappa shape index (κ2) is 11.2. The molecule has 1 N–H and O–H groups in total. The molecule has 0 spiro atoms. The average molecular weight is 495 g/mol. The molecule has 7 heteroatoms. The fourth-order valence-corrected chi connectivity index (χ4v) is 4.51. The van der Waals surface area contributed by atoms with E-state index in [9.17, 15) is 4.79 Å². The molecule has 0 aromatic heterocycles. The number of rotatable bonds is 8. The summed E-state index contributed by atoms with van der Waals surface area (Å²) in [6.45, 7) is 0.287. The average Bonchev–Trinajstić information content (AvgIpc) is 2.83. The Bertz CT molecular complexity index is 1310. The number of carbonyl (C=O) groups excluding carboxylic acids is 1. The van der Waals surface area contributed by atoms with Crippen LogP contribution in [-0.4, -0.2) is 17.9 Å². The monoisotopic (exact) mass is 494 g/mol. The first-order valence-corrected chi connectivity index (χ1v) is 11.9. The van der Waals surface area contributed by atoms with Gasteiger partial charge in [-0.2, -0.15) is 5.10 Å². The number of fused-ring (bicyclic) bond motifs is 1. The van der Waals surface area contributed by atoms with E-state index >= 15 is 0 Å². The predicted molar refractivity (Wildman–Crippen MR) is 138 cm³/mol. The van der Waals surface area contributed by atoms with Crippen LogP contribution >= 0.6 is 35.0 Å². The molecule has 0 aliphatic heterocycles. The van der Waals surface area contributed by atoms with Gasteiger partial charge in [0.1, 0.15) is 12.4 Å². The topological polar surface area (TPSA) is 50.7 Å². The standard InChI is InChI=1S/C26H20Cl2N2O2S/c27-21-13-12-20(23(28)14-21)16-32-24-10-4-2-7-19(24)15-29-30-26(31)17-33-25-11-5-8-18-6-1-3-9-22(18)25/h1-15H,16-17H2,(H,30,31). The minimum Gasteiger partial charge on any atom is -0.488 e. The molecule has 0 saturated carbocycles. The first-order chi connectivity index (χ1) is 16.1. The van der Waals surface area contributed by atoms with Gasteiger partial charge in [-0.25, -0.2) is 5.43 Å². The van der Waals surface area contributed by atoms with Gasteiger partial charge in [-0.15, -0.1) is 11.8 Å². The number of thioether (sulfide) groups is 1. The van der Waals surface area contributed by atoms with Crippen LogP contribution in [0.4, 0.5) is 0 Å². The molecule has 4 aromatic rings. The summed E-state index contributed by atoms with van der Waals surface area (Å²) in [7, 11) is 0. The number of halogens is 2. The smallest absolute Gasteiger partial charge is 0.250 e. The summed E-state index contributed by atoms with van der Waals surface area (Å²) in [6, 6.07) is 26.9. The molecule has 33 heavy (non-hydrogen) atoms. The molecule has 4 aromatic carbocycles. The first-order valence-electron chi connectivity index (χ1n) is 10.2. The van der Waals surface area contributed by atoms with Crippen LogP contribution in [0.3, 0.4) is 0 Å². The zero-order valence-electron chi connectivity index (χ0n) is 17.5. The Hall–Kier alpha value is -2.99. The zero-order chi connectivity index (χ0) is 23.0. The fraction of sp³-hybridized carbons (Fsp3) is 0.0769. The van der Waals surface area contributed by atoms with Crippen molar-refractivity contribution >= 4 is 57.9 Å². The highest BCUT2D eigenvalue weighted by atomic mass is 35.5. The van der Waals surface area contributed by atoms with Crippen LogP contribution in [-0.2, 0) is 11.4 Å². The van der Waals surface area contributed by atoms with E-state index in [0.717, 1.165) is 26.8 Å². The highest BCUT2D eigenvalue weighted by molar-refractivity contribution is 8.00. The van der Waals surface area contributed by atoms with E-state index in [1.165, 1.54) is 11.8 Å². The second-order valence-corrected chi connectivity index (χ2v) is 8.98. The van der Waals surface area contributed by atoms with E-state index in [1.807, 2.05) is 54.6 Å². The maximum absolute atomic E-state index is 12.3. The number of hydrogen-bond donors (Lipinski definition) is 1. The fourth-order valence-electron chi connectivity index (χ4n) is 3.18. The van der Waals surface area contributed by atoms with Crippen molar-refractivity contribution in [2.75, 3.05) is 5.75 Å². The van der Waals surface area contributed by atoms with Crippen LogP contribution in [0.1, 0.15) is 11.1 Å². The van der Waals surface area contributed by atoms with Crippen molar-refractivity contribution in [1.29, 1.82) is 0 Å². The number of para-hydroxylation sites is 1. The molecular formula is C26H20Cl2N2O2S. The number of nitrogens with zero attached hydrogens (tertiary/aromatic N) is 1. The lowest BCUT2D eigenvalue weighted by molar-refractivity contribution is -0.118. The predicted octanol–water partition coefficient (Wildman–Crippen LogP) is 6.97. The molecular weight excluding hydrogens is 475 g/mol. The molecule has 166 valence electrons. The third kappa shape index (κ3) is 6.29. The van der Waals surface area contributed by atoms with Gasteiger partial charge in [-0.1, -0.05) is 77.8 Å². The molecule has 0 aliphatic rings. The van der Waals surface area contributed by atoms with Crippen molar-refractivity contribution in [1.82, 2.24) is 5.43 Å². The maximum atomic E-state index is 12.3. The number of amides is 1. The Morgan fingerprint density at radius 1 is 0.970 bits per heavy atom. The van der Waals surface area contributed by atoms with Crippen LogP contribution in [0.15, 0.2) is 94.9 Å². The molecule has 0 heterocycles. The highest BCUT2D eigenvalue weighted by Gasteiger charge is 2.07. The Morgan fingerprint density at radius 3 is 2.64 bits per heavy atom. The third-order valence-electron chi connectivity index (χ3n) is 4.82. The minimum atomic E-state index is -0.185. The molecule has 0 atom stereocenters. The van der Waals surface area contributed by atoms with E-state index in [0.29, 0.717) is 15.8 Å². The maximum Gasteiger partial charge on any atom is 0.250 e. The molecule has 4 nitrogen and oxygen atoms in total. The summed E-state index contributed by atoms with van der Waals surface area (Å²) in [5.74, 6) is 0.709. The SMILES string of the molecule is O=C(CSc1cccc2ccccc12)NN=Cc1ccccc1OCc1ccc(Cl)cc1Cl. The summed E-state index contributed by atoms with van der Waals surface area (Å²) in [5.41, 5.74) is 4.15. The van der Waals surface area contributed by atoms with Crippen molar-refractivity contribution < 1.29 is 9.53 Å². The van der Waals surface area contributed by atoms with Crippen molar-refractivity contribution in [3.05, 3.63) is 106 Å². The molecule has 0 unspecified atom stereocenters. The van der Waals surface area contributed by atoms with Gasteiger partial charge in [-0.05, 0) is 41.1 Å². The van der Waals surface area contributed by atoms with Gasteiger partial charge >= 0.3 is 0 Å². The molecule has 0 radical (unpaired) electrons. The van der Waals surface area contributed by atoms with E-state index in [2.05, 4.69) is 28.7 Å². The Balaban J connectivity index is 1.34. The summed E-state index contributed by atoms with van der Waals surface area (Å²) in [4.78, 5) is 13.4. The van der Waals surface area contributed by atoms with Gasteiger partial charge in [0.15, 0.2) is 0 Å². The first kappa shape index (κ1) is 23.2. The quantitative estimate of drug-likeness (QED) is 0.163. The zero-order valence-corrected chi connectivity index (χ0v) is 19.8. The van der Waals surface area contributed by atoms with Crippen LogP contribution in [0, 0.1) is 0 Å². The van der Waals surface area contributed by atoms with Crippen LogP contribution in [0.2, 0.25) is 10.0 Å². The van der Waals surface area contributed by atoms with E-state index in [1.54, 1.807) is 18.3 Å². The molecule has 4 rings (SSSR count). The van der Waals surface area contributed by atoms with Gasteiger partial charge in [0.25, 0.3) is 0 Å². The molecule has 0 bridgehead atoms. The van der Waals surface area contributed by atoms with Crippen molar-refractivity contribution in [3.63, 3.8) is 0 Å². The summed E-state index contributed by atoms with van der Waals surface area (Å²) in [5, 5.41) is 7.50. The number of ether oxygens (including phenoxy) is 1. The van der Waals surface area contributed by atoms with E-state index in [-0.39, 0.29) is 18.3 Å². The van der Waals surface area contributed by atoms with Gasteiger partial charge in [0.05, 0.1) is 12.0 Å². The van der Waals surface area contributed by atoms with E-state index < -0.39 is 0 Å². The number of nitrogens with one attached hydrogen (secondary N) is 1. The van der Waals surface area contributed by atoms with Crippen molar-refractivity contribution in [2.45, 2.75) is 11.5 Å². The van der Waals surface area contributed by atoms with E-state index in [4.69, 9.17) is 27.9 Å². The Labute approximate surface area is 206 Å². The summed E-state index contributed by atoms with van der Waals surface area (Å²) >= 11 is 13.6. The molecule has 0 aliphatic carbocycles. The number of benzene rings is 4. The number of hydrazone groups is 1. The van der Waals surface area contributed by atoms with Gasteiger partial charge in [0, 0.05) is 26.1 Å². The van der Waals surface area contributed by atoms with Crippen LogP contribution in [0.5, 0.6) is 5.75 Å². The summed E-state index contributed by atoms with van der Waals surface area (Å²) < 4.78 is 5.91. The third-order valence-corrected chi connectivity index (χ3v) is 6.48. The lowest BCUT2D eigenvalue weighted by atomic mass is 10.1. The van der Waals surface area contributed by atoms with Gasteiger partial charge < -0.3 is 4.74 Å².